The number of carbonyl (C=O) groups is 3. The van der Waals surface area contributed by atoms with Crippen molar-refractivity contribution in [3.8, 4) is 5.75 Å². The maximum absolute atomic E-state index is 12.7. The van der Waals surface area contributed by atoms with Gasteiger partial charge in [0, 0.05) is 0 Å². The van der Waals surface area contributed by atoms with Gasteiger partial charge in [0.15, 0.2) is 0 Å². The topological polar surface area (TPSA) is 104 Å². The van der Waals surface area contributed by atoms with E-state index in [4.69, 9.17) is 5.11 Å². The van der Waals surface area contributed by atoms with E-state index in [1.807, 2.05) is 12.1 Å². The molecule has 0 saturated heterocycles. The van der Waals surface area contributed by atoms with Gasteiger partial charge in [-0.3, -0.25) is 0 Å². The van der Waals surface area contributed by atoms with Gasteiger partial charge < -0.3 is 0 Å². The molecule has 146 valence electrons. The second kappa shape index (κ2) is 9.19. The number of anilines is 1. The van der Waals surface area contributed by atoms with Crippen LogP contribution in [0.4, 0.5) is 5.69 Å². The Kier molecular flexibility index (Phi) is 6.44. The number of Topliss-reactive ketones (excluding diaryl/α,β-unsaturated/α-hetero) is 1. The van der Waals surface area contributed by atoms with Crippen molar-refractivity contribution in [2.45, 2.75) is 5.32 Å². The van der Waals surface area contributed by atoms with Crippen LogP contribution in [0.25, 0.3) is 0 Å². The second-order valence-electron chi connectivity index (χ2n) is 6.09. The van der Waals surface area contributed by atoms with Crippen molar-refractivity contribution in [1.82, 2.24) is 0 Å². The van der Waals surface area contributed by atoms with Gasteiger partial charge >= 0.3 is 173 Å². The van der Waals surface area contributed by atoms with Crippen LogP contribution in [0.2, 0.25) is 5.32 Å². The molecule has 0 unspecified atom stereocenters. The first-order chi connectivity index (χ1) is 13.9. The molecule has 29 heavy (non-hydrogen) atoms. The van der Waals surface area contributed by atoms with E-state index < -0.39 is 5.97 Å². The molecule has 0 radical (unpaired) electrons. The normalized spacial score (nSPS) is 10.3. The maximum atomic E-state index is 12.7. The predicted molar refractivity (Wildman–Crippen MR) is 110 cm³/mol. The van der Waals surface area contributed by atoms with Crippen molar-refractivity contribution < 1.29 is 24.6 Å². The van der Waals surface area contributed by atoms with Crippen LogP contribution < -0.4 is 9.78 Å². The third-order valence-electron chi connectivity index (χ3n) is 4.07. The number of aromatic hydroxyl groups is 1. The number of phenolic OH excluding ortho intramolecular Hbond substituents is 1. The molecule has 7 heteroatoms. The number of aromatic carboxylic acids is 1. The van der Waals surface area contributed by atoms with Gasteiger partial charge in [-0.1, -0.05) is 0 Å². The summed E-state index contributed by atoms with van der Waals surface area (Å²) in [5.74, 6) is -1.30. The minimum absolute atomic E-state index is 0.0514. The molecule has 0 aliphatic carbocycles. The molecule has 6 nitrogen and oxygen atoms in total. The summed E-state index contributed by atoms with van der Waals surface area (Å²) in [5, 5.41) is 21.3. The average molecular weight is 454 g/mol. The van der Waals surface area contributed by atoms with Gasteiger partial charge in [-0.25, -0.2) is 0 Å². The van der Waals surface area contributed by atoms with Crippen LogP contribution in [-0.2, 0) is 0 Å². The van der Waals surface area contributed by atoms with E-state index in [1.54, 1.807) is 24.3 Å². The summed E-state index contributed by atoms with van der Waals surface area (Å²) in [6, 6.07) is 19.1. The number of carbonyl (C=O) groups excluding carboxylic acids is 2. The molecule has 3 aromatic carbocycles. The molecule has 0 aromatic heterocycles. The number of amides is 1. The van der Waals surface area contributed by atoms with Gasteiger partial charge in [-0.2, -0.15) is 0 Å². The van der Waals surface area contributed by atoms with E-state index in [2.05, 4.69) is 5.32 Å². The molecule has 0 fully saturated rings. The van der Waals surface area contributed by atoms with E-state index in [0.29, 0.717) is 16.8 Å². The zero-order valence-corrected chi connectivity index (χ0v) is 16.9. The molecule has 0 heterocycles. The molecule has 0 aliphatic heterocycles. The molecule has 0 saturated carbocycles. The van der Waals surface area contributed by atoms with Crippen molar-refractivity contribution in [3.05, 3.63) is 89.5 Å². The monoisotopic (exact) mass is 455 g/mol. The Morgan fingerprint density at radius 2 is 1.45 bits per heavy atom. The number of carboxylic acid groups (broad SMARTS) is 1. The molecule has 0 aliphatic rings. The summed E-state index contributed by atoms with van der Waals surface area (Å²) in [4.78, 5) is 36.0. The van der Waals surface area contributed by atoms with Crippen molar-refractivity contribution in [1.29, 1.82) is 0 Å². The van der Waals surface area contributed by atoms with Gasteiger partial charge in [-0.15, -0.1) is 0 Å². The summed E-state index contributed by atoms with van der Waals surface area (Å²) < 4.78 is 0.798. The molecule has 3 aromatic rings. The first-order valence-electron chi connectivity index (χ1n) is 8.63. The van der Waals surface area contributed by atoms with Crippen LogP contribution in [0.1, 0.15) is 31.1 Å². The Bertz CT molecular complexity index is 1050. The Hall–Kier alpha value is -3.41. The molecular formula is C22H17NO5Se. The number of benzene rings is 3. The first-order valence-corrected chi connectivity index (χ1v) is 10.7. The fourth-order valence-electron chi connectivity index (χ4n) is 2.55. The van der Waals surface area contributed by atoms with Gasteiger partial charge in [0.05, 0.1) is 0 Å². The van der Waals surface area contributed by atoms with Crippen LogP contribution in [0.15, 0.2) is 72.8 Å². The summed E-state index contributed by atoms with van der Waals surface area (Å²) >= 11 is -0.254. The molecule has 1 amide bonds. The van der Waals surface area contributed by atoms with Crippen molar-refractivity contribution >= 4 is 42.8 Å². The molecular weight excluding hydrogens is 437 g/mol. The number of nitrogens with one attached hydrogen (secondary N) is 1. The fourth-order valence-corrected chi connectivity index (χ4v) is 4.53. The number of hydrogen-bond donors (Lipinski definition) is 3. The van der Waals surface area contributed by atoms with Crippen molar-refractivity contribution in [3.63, 3.8) is 0 Å². The SMILES string of the molecule is O=C(O)c1ccc(NC(=O)c2ccccc2[Se]CC(=O)c2ccc(O)cc2)cc1. The molecule has 3 rings (SSSR count). The number of phenols is 1. The number of carboxylic acids is 1. The van der Waals surface area contributed by atoms with Gasteiger partial charge in [0.1, 0.15) is 0 Å². The molecule has 0 bridgehead atoms. The van der Waals surface area contributed by atoms with E-state index >= 15 is 0 Å². The number of ketones is 1. The quantitative estimate of drug-likeness (QED) is 0.376. The van der Waals surface area contributed by atoms with Crippen LogP contribution in [0, 0.1) is 0 Å². The molecule has 0 atom stereocenters. The van der Waals surface area contributed by atoms with E-state index in [-0.39, 0.29) is 43.3 Å². The van der Waals surface area contributed by atoms with Crippen LogP contribution in [-0.4, -0.2) is 42.8 Å². The van der Waals surface area contributed by atoms with Crippen LogP contribution in [0.5, 0.6) is 5.75 Å². The summed E-state index contributed by atoms with van der Waals surface area (Å²) in [5.41, 5.74) is 1.63. The fraction of sp³-hybridized carbons (Fsp3) is 0.0455. The van der Waals surface area contributed by atoms with E-state index in [0.717, 1.165) is 4.46 Å². The van der Waals surface area contributed by atoms with Gasteiger partial charge in [-0.05, 0) is 0 Å². The van der Waals surface area contributed by atoms with Crippen molar-refractivity contribution in [2.24, 2.45) is 0 Å². The Morgan fingerprint density at radius 1 is 0.828 bits per heavy atom. The van der Waals surface area contributed by atoms with Crippen LogP contribution in [0.3, 0.4) is 0 Å². The summed E-state index contributed by atoms with van der Waals surface area (Å²) in [6.07, 6.45) is 0. The first kappa shape index (κ1) is 20.3. The van der Waals surface area contributed by atoms with E-state index in [1.165, 1.54) is 36.4 Å². The number of hydrogen-bond acceptors (Lipinski definition) is 4. The van der Waals surface area contributed by atoms with Crippen LogP contribution >= 0.6 is 0 Å². The standard InChI is InChI=1S/C22H17NO5Se/c24-17-11-7-14(8-12-17)19(25)13-29-20-4-2-1-3-18(20)21(26)23-16-9-5-15(6-10-16)22(27)28/h1-12,24H,13H2,(H,23,26)(H,27,28). The Morgan fingerprint density at radius 3 is 2.10 bits per heavy atom. The Balaban J connectivity index is 1.69. The van der Waals surface area contributed by atoms with E-state index in [9.17, 15) is 19.5 Å². The van der Waals surface area contributed by atoms with Crippen molar-refractivity contribution in [2.75, 3.05) is 5.32 Å². The third kappa shape index (κ3) is 5.31. The minimum atomic E-state index is -1.03. The Labute approximate surface area is 173 Å². The van der Waals surface area contributed by atoms with Gasteiger partial charge in [0.2, 0.25) is 0 Å². The average Bonchev–Trinajstić information content (AvgIpc) is 2.73. The second-order valence-corrected chi connectivity index (χ2v) is 8.23. The molecule has 3 N–H and O–H groups in total. The third-order valence-corrected chi connectivity index (χ3v) is 6.32. The summed E-state index contributed by atoms with van der Waals surface area (Å²) in [6.45, 7) is 0. The zero-order valence-electron chi connectivity index (χ0n) is 15.2. The molecule has 0 spiro atoms. The predicted octanol–water partition coefficient (Wildman–Crippen LogP) is 2.97. The number of rotatable bonds is 7. The van der Waals surface area contributed by atoms with Gasteiger partial charge in [0.25, 0.3) is 0 Å². The zero-order chi connectivity index (χ0) is 20.8. The summed E-state index contributed by atoms with van der Waals surface area (Å²) in [7, 11) is 0.